The molecule has 0 bridgehead atoms. The minimum atomic E-state index is -1.15. The fourth-order valence-corrected chi connectivity index (χ4v) is 3.59. The molecule has 24 heavy (non-hydrogen) atoms. The van der Waals surface area contributed by atoms with Gasteiger partial charge < -0.3 is 14.5 Å². The van der Waals surface area contributed by atoms with Gasteiger partial charge in [0.15, 0.2) is 0 Å². The lowest BCUT2D eigenvalue weighted by Gasteiger charge is -2.41. The second-order valence-corrected chi connectivity index (χ2v) is 6.52. The number of aliphatic carboxylic acids is 1. The summed E-state index contributed by atoms with van der Waals surface area (Å²) in [5, 5.41) is 14.2. The van der Waals surface area contributed by atoms with Gasteiger partial charge in [-0.15, -0.1) is 0 Å². The van der Waals surface area contributed by atoms with E-state index in [0.717, 1.165) is 19.3 Å². The van der Waals surface area contributed by atoms with Crippen LogP contribution in [0.3, 0.4) is 0 Å². The highest BCUT2D eigenvalue weighted by molar-refractivity contribution is 6.07. The smallest absolute Gasteiger partial charge is 0.329 e. The number of hydrogen-bond acceptors (Lipinski definition) is 5. The molecule has 1 aliphatic carbocycles. The van der Waals surface area contributed by atoms with E-state index in [-0.39, 0.29) is 5.91 Å². The summed E-state index contributed by atoms with van der Waals surface area (Å²) in [7, 11) is 1.58. The highest BCUT2D eigenvalue weighted by Gasteiger charge is 2.46. The number of carboxylic acid groups (broad SMARTS) is 1. The maximum Gasteiger partial charge on any atom is 0.329 e. The van der Waals surface area contributed by atoms with Gasteiger partial charge in [-0.1, -0.05) is 24.4 Å². The Hall–Kier alpha value is -2.44. The summed E-state index contributed by atoms with van der Waals surface area (Å²) in [6.07, 6.45) is 3.56. The minimum Gasteiger partial charge on any atom is -0.479 e. The number of fused-ring (bicyclic) bond motifs is 1. The van der Waals surface area contributed by atoms with Gasteiger partial charge >= 0.3 is 5.97 Å². The number of rotatable bonds is 3. The van der Waals surface area contributed by atoms with Gasteiger partial charge in [0.25, 0.3) is 11.6 Å². The molecule has 1 fully saturated rings. The van der Waals surface area contributed by atoms with Crippen LogP contribution >= 0.6 is 0 Å². The molecule has 0 aromatic carbocycles. The lowest BCUT2D eigenvalue weighted by Crippen LogP contribution is -2.56. The van der Waals surface area contributed by atoms with Crippen molar-refractivity contribution in [3.8, 4) is 0 Å². The summed E-state index contributed by atoms with van der Waals surface area (Å²) in [5.74, 6) is -1.27. The van der Waals surface area contributed by atoms with E-state index in [0.29, 0.717) is 40.9 Å². The number of carbonyl (C=O) groups is 2. The Morgan fingerprint density at radius 3 is 2.54 bits per heavy atom. The molecule has 1 N–H and O–H groups in total. The predicted molar refractivity (Wildman–Crippen MR) is 86.8 cm³/mol. The lowest BCUT2D eigenvalue weighted by molar-refractivity contribution is -0.151. The van der Waals surface area contributed by atoms with E-state index >= 15 is 0 Å². The van der Waals surface area contributed by atoms with Crippen LogP contribution in [0.1, 0.15) is 53.8 Å². The van der Waals surface area contributed by atoms with Gasteiger partial charge in [0.2, 0.25) is 0 Å². The van der Waals surface area contributed by atoms with Crippen LogP contribution in [-0.4, -0.2) is 44.6 Å². The summed E-state index contributed by atoms with van der Waals surface area (Å²) in [6.45, 7) is 3.51. The van der Waals surface area contributed by atoms with Crippen molar-refractivity contribution in [1.82, 2.24) is 15.0 Å². The molecule has 1 aliphatic rings. The quantitative estimate of drug-likeness (QED) is 0.929. The SMILES string of the molecule is Cc1cc(C(=O)N(C)C2(C(=O)O)CCCCC2)c2c(C)noc2n1. The zero-order valence-corrected chi connectivity index (χ0v) is 14.1. The number of aryl methyl sites for hydroxylation is 2. The minimum absolute atomic E-state index is 0.303. The molecule has 2 aromatic heterocycles. The molecule has 7 nitrogen and oxygen atoms in total. The van der Waals surface area contributed by atoms with Crippen molar-refractivity contribution in [2.24, 2.45) is 0 Å². The average molecular weight is 331 g/mol. The van der Waals surface area contributed by atoms with Crippen LogP contribution in [0.2, 0.25) is 0 Å². The Morgan fingerprint density at radius 2 is 1.92 bits per heavy atom. The summed E-state index contributed by atoms with van der Waals surface area (Å²) in [6, 6.07) is 1.67. The first-order chi connectivity index (χ1) is 11.4. The van der Waals surface area contributed by atoms with Gasteiger partial charge in [-0.2, -0.15) is 0 Å². The molecular formula is C17H21N3O4. The fraction of sp³-hybridized carbons (Fsp3) is 0.529. The van der Waals surface area contributed by atoms with Crippen LogP contribution in [0.5, 0.6) is 0 Å². The molecule has 3 rings (SSSR count). The van der Waals surface area contributed by atoms with E-state index in [1.807, 2.05) is 0 Å². The van der Waals surface area contributed by atoms with Gasteiger partial charge in [0, 0.05) is 12.7 Å². The van der Waals surface area contributed by atoms with Crippen LogP contribution < -0.4 is 0 Å². The van der Waals surface area contributed by atoms with Crippen molar-refractivity contribution in [3.63, 3.8) is 0 Å². The van der Waals surface area contributed by atoms with Crippen LogP contribution in [-0.2, 0) is 4.79 Å². The van der Waals surface area contributed by atoms with Crippen molar-refractivity contribution >= 4 is 23.0 Å². The molecule has 0 aliphatic heterocycles. The third-order valence-corrected chi connectivity index (χ3v) is 5.00. The average Bonchev–Trinajstić information content (AvgIpc) is 2.94. The van der Waals surface area contributed by atoms with Gasteiger partial charge in [0.05, 0.1) is 16.6 Å². The summed E-state index contributed by atoms with van der Waals surface area (Å²) in [4.78, 5) is 30.7. The van der Waals surface area contributed by atoms with Gasteiger partial charge in [0.1, 0.15) is 5.54 Å². The molecule has 1 amide bonds. The second-order valence-electron chi connectivity index (χ2n) is 6.52. The molecular weight excluding hydrogens is 310 g/mol. The maximum atomic E-state index is 13.1. The number of hydrogen-bond donors (Lipinski definition) is 1. The number of pyridine rings is 1. The molecule has 7 heteroatoms. The number of nitrogens with zero attached hydrogens (tertiary/aromatic N) is 3. The van der Waals surface area contributed by atoms with Crippen LogP contribution in [0.15, 0.2) is 10.6 Å². The predicted octanol–water partition coefficient (Wildman–Crippen LogP) is 2.70. The van der Waals surface area contributed by atoms with E-state index in [4.69, 9.17) is 4.52 Å². The Bertz CT molecular complexity index is 806. The summed E-state index contributed by atoms with van der Waals surface area (Å²) >= 11 is 0. The van der Waals surface area contributed by atoms with E-state index in [2.05, 4.69) is 10.1 Å². The standard InChI is InChI=1S/C17H21N3O4/c1-10-9-12(13-11(2)19-24-14(13)18-10)15(21)20(3)17(16(22)23)7-5-4-6-8-17/h9H,4-8H2,1-3H3,(H,22,23). The Morgan fingerprint density at radius 1 is 1.25 bits per heavy atom. The number of aromatic nitrogens is 2. The first kappa shape index (κ1) is 16.4. The van der Waals surface area contributed by atoms with Crippen molar-refractivity contribution in [2.45, 2.75) is 51.5 Å². The van der Waals surface area contributed by atoms with Crippen molar-refractivity contribution in [2.75, 3.05) is 7.05 Å². The molecule has 1 saturated carbocycles. The largest absolute Gasteiger partial charge is 0.479 e. The van der Waals surface area contributed by atoms with Gasteiger partial charge in [-0.3, -0.25) is 4.79 Å². The first-order valence-electron chi connectivity index (χ1n) is 8.12. The van der Waals surface area contributed by atoms with Crippen LogP contribution in [0.4, 0.5) is 0 Å². The second kappa shape index (κ2) is 5.89. The van der Waals surface area contributed by atoms with Crippen molar-refractivity contribution in [3.05, 3.63) is 23.0 Å². The Balaban J connectivity index is 2.08. The molecule has 0 spiro atoms. The number of likely N-dealkylation sites (N-methyl/N-ethyl adjacent to an activating group) is 1. The monoisotopic (exact) mass is 331 g/mol. The molecule has 0 radical (unpaired) electrons. The zero-order chi connectivity index (χ0) is 17.5. The van der Waals surface area contributed by atoms with Gasteiger partial charge in [-0.25, -0.2) is 9.78 Å². The number of carbonyl (C=O) groups excluding carboxylic acids is 1. The molecule has 0 atom stereocenters. The van der Waals surface area contributed by atoms with Gasteiger partial charge in [-0.05, 0) is 32.8 Å². The Labute approximate surface area is 139 Å². The molecule has 2 aromatic rings. The van der Waals surface area contributed by atoms with Crippen LogP contribution in [0.25, 0.3) is 11.1 Å². The normalized spacial score (nSPS) is 17.0. The highest BCUT2D eigenvalue weighted by atomic mass is 16.5. The van der Waals surface area contributed by atoms with Crippen molar-refractivity contribution in [1.29, 1.82) is 0 Å². The summed E-state index contributed by atoms with van der Waals surface area (Å²) < 4.78 is 5.17. The van der Waals surface area contributed by atoms with E-state index < -0.39 is 11.5 Å². The lowest BCUT2D eigenvalue weighted by atomic mass is 9.80. The van der Waals surface area contributed by atoms with E-state index in [1.54, 1.807) is 27.0 Å². The first-order valence-corrected chi connectivity index (χ1v) is 8.12. The van der Waals surface area contributed by atoms with E-state index in [9.17, 15) is 14.7 Å². The zero-order valence-electron chi connectivity index (χ0n) is 14.1. The number of carboxylic acids is 1. The highest BCUT2D eigenvalue weighted by Crippen LogP contribution is 2.35. The van der Waals surface area contributed by atoms with Crippen molar-refractivity contribution < 1.29 is 19.2 Å². The third kappa shape index (κ3) is 2.44. The fourth-order valence-electron chi connectivity index (χ4n) is 3.59. The Kier molecular flexibility index (Phi) is 4.03. The topological polar surface area (TPSA) is 96.5 Å². The molecule has 128 valence electrons. The van der Waals surface area contributed by atoms with Crippen LogP contribution in [0, 0.1) is 13.8 Å². The number of amides is 1. The molecule has 0 saturated heterocycles. The maximum absolute atomic E-state index is 13.1. The summed E-state index contributed by atoms with van der Waals surface area (Å²) in [5.41, 5.74) is 0.747. The third-order valence-electron chi connectivity index (χ3n) is 5.00. The molecule has 2 heterocycles. The van der Waals surface area contributed by atoms with E-state index in [1.165, 1.54) is 4.90 Å². The molecule has 0 unspecified atom stereocenters.